The van der Waals surface area contributed by atoms with Crippen LogP contribution in [-0.2, 0) is 0 Å². The Morgan fingerprint density at radius 1 is 0.359 bits per heavy atom. The Balaban J connectivity index is 1.50. The monoisotopic (exact) mass is 494 g/mol. The first-order valence-corrected chi connectivity index (χ1v) is 13.4. The van der Waals surface area contributed by atoms with Crippen molar-refractivity contribution in [2.24, 2.45) is 0 Å². The molecule has 1 heteroatoms. The molecule has 39 heavy (non-hydrogen) atoms. The van der Waals surface area contributed by atoms with Crippen LogP contribution in [0.2, 0.25) is 0 Å². The predicted molar refractivity (Wildman–Crippen MR) is 164 cm³/mol. The van der Waals surface area contributed by atoms with E-state index in [9.17, 15) is 0 Å². The van der Waals surface area contributed by atoms with Crippen molar-refractivity contribution < 1.29 is 4.42 Å². The van der Waals surface area contributed by atoms with Gasteiger partial charge in [-0.15, -0.1) is 0 Å². The Hall–Kier alpha value is -5.14. The van der Waals surface area contributed by atoms with E-state index in [1.54, 1.807) is 0 Å². The van der Waals surface area contributed by atoms with E-state index in [4.69, 9.17) is 4.42 Å². The summed E-state index contributed by atoms with van der Waals surface area (Å²) in [5.41, 5.74) is 12.2. The van der Waals surface area contributed by atoms with Crippen LogP contribution < -0.4 is 0 Å². The summed E-state index contributed by atoms with van der Waals surface area (Å²) in [6.07, 6.45) is 0. The molecular weight excluding hydrogens is 472 g/mol. The summed E-state index contributed by atoms with van der Waals surface area (Å²) in [6, 6.07) is 48.3. The molecule has 1 aliphatic rings. The summed E-state index contributed by atoms with van der Waals surface area (Å²) in [6.45, 7) is 0. The molecule has 0 saturated heterocycles. The van der Waals surface area contributed by atoms with E-state index in [2.05, 4.69) is 121 Å². The lowest BCUT2D eigenvalue weighted by Crippen LogP contribution is -1.93. The molecule has 1 aliphatic carbocycles. The second-order valence-corrected chi connectivity index (χ2v) is 10.4. The van der Waals surface area contributed by atoms with Crippen LogP contribution in [0.1, 0.15) is 0 Å². The van der Waals surface area contributed by atoms with Gasteiger partial charge in [-0.3, -0.25) is 0 Å². The first-order chi connectivity index (χ1) is 19.4. The third kappa shape index (κ3) is 2.79. The molecule has 1 aromatic heterocycles. The maximum Gasteiger partial charge on any atom is 0.135 e. The molecule has 8 aromatic rings. The minimum absolute atomic E-state index is 0.923. The summed E-state index contributed by atoms with van der Waals surface area (Å²) in [5, 5.41) is 7.49. The Morgan fingerprint density at radius 3 is 1.67 bits per heavy atom. The van der Waals surface area contributed by atoms with Gasteiger partial charge >= 0.3 is 0 Å². The van der Waals surface area contributed by atoms with Crippen molar-refractivity contribution in [3.8, 4) is 44.5 Å². The van der Waals surface area contributed by atoms with E-state index in [0.29, 0.717) is 0 Å². The molecule has 0 spiro atoms. The maximum atomic E-state index is 6.20. The van der Waals surface area contributed by atoms with Gasteiger partial charge in [0.2, 0.25) is 0 Å². The fourth-order valence-corrected chi connectivity index (χ4v) is 6.82. The highest BCUT2D eigenvalue weighted by molar-refractivity contribution is 6.27. The van der Waals surface area contributed by atoms with Crippen LogP contribution in [0.25, 0.3) is 88.0 Å². The Morgan fingerprint density at radius 2 is 0.949 bits per heavy atom. The number of benzene rings is 7. The zero-order chi connectivity index (χ0) is 25.5. The second kappa shape index (κ2) is 7.69. The van der Waals surface area contributed by atoms with Gasteiger partial charge in [-0.25, -0.2) is 0 Å². The van der Waals surface area contributed by atoms with Crippen molar-refractivity contribution in [2.45, 2.75) is 0 Å². The Bertz CT molecular complexity index is 2260. The second-order valence-electron chi connectivity index (χ2n) is 10.4. The summed E-state index contributed by atoms with van der Waals surface area (Å²) in [7, 11) is 0. The van der Waals surface area contributed by atoms with Gasteiger partial charge < -0.3 is 4.42 Å². The van der Waals surface area contributed by atoms with E-state index in [1.165, 1.54) is 66.1 Å². The standard InChI is InChI=1S/C38H22O/c1-2-10-24(11-3-1)35-27-15-4-5-16-28(27)36(25-20-21-33-31(22-25)26-14-6-7-19-32(26)39-33)38-30-18-9-13-23-12-8-17-29(34(23)30)37(35)38/h1-22H. The fourth-order valence-electron chi connectivity index (χ4n) is 6.82. The van der Waals surface area contributed by atoms with Crippen LogP contribution >= 0.6 is 0 Å². The molecule has 1 nitrogen and oxygen atoms in total. The van der Waals surface area contributed by atoms with E-state index in [1.807, 2.05) is 12.1 Å². The molecule has 180 valence electrons. The average Bonchev–Trinajstić information content (AvgIpc) is 3.53. The molecule has 0 fully saturated rings. The average molecular weight is 495 g/mol. The Labute approximate surface area is 225 Å². The van der Waals surface area contributed by atoms with Crippen molar-refractivity contribution >= 4 is 43.5 Å². The molecular formula is C38H22O. The molecule has 0 radical (unpaired) electrons. The maximum absolute atomic E-state index is 6.20. The van der Waals surface area contributed by atoms with Crippen molar-refractivity contribution in [3.05, 3.63) is 133 Å². The lowest BCUT2D eigenvalue weighted by Gasteiger charge is -2.20. The topological polar surface area (TPSA) is 13.1 Å². The lowest BCUT2D eigenvalue weighted by atomic mass is 9.82. The van der Waals surface area contributed by atoms with Gasteiger partial charge in [0.15, 0.2) is 0 Å². The minimum Gasteiger partial charge on any atom is -0.456 e. The van der Waals surface area contributed by atoms with Crippen LogP contribution in [-0.4, -0.2) is 0 Å². The number of fused-ring (bicyclic) bond motifs is 7. The normalized spacial score (nSPS) is 12.1. The van der Waals surface area contributed by atoms with Gasteiger partial charge in [-0.1, -0.05) is 115 Å². The molecule has 9 rings (SSSR count). The molecule has 0 saturated carbocycles. The summed E-state index contributed by atoms with van der Waals surface area (Å²) >= 11 is 0. The highest BCUT2D eigenvalue weighted by Gasteiger charge is 2.30. The lowest BCUT2D eigenvalue weighted by molar-refractivity contribution is 0.669. The van der Waals surface area contributed by atoms with Gasteiger partial charge in [-0.05, 0) is 84.3 Å². The fraction of sp³-hybridized carbons (Fsp3) is 0. The van der Waals surface area contributed by atoms with E-state index in [-0.39, 0.29) is 0 Å². The van der Waals surface area contributed by atoms with Crippen LogP contribution in [0.3, 0.4) is 0 Å². The Kier molecular flexibility index (Phi) is 4.11. The number of furan rings is 1. The van der Waals surface area contributed by atoms with Crippen LogP contribution in [0, 0.1) is 0 Å². The molecule has 0 N–H and O–H groups in total. The summed E-state index contributed by atoms with van der Waals surface area (Å²) in [5.74, 6) is 0. The third-order valence-electron chi connectivity index (χ3n) is 8.39. The number of para-hydroxylation sites is 1. The van der Waals surface area contributed by atoms with Gasteiger partial charge in [0.25, 0.3) is 0 Å². The van der Waals surface area contributed by atoms with Crippen LogP contribution in [0.15, 0.2) is 138 Å². The van der Waals surface area contributed by atoms with E-state index < -0.39 is 0 Å². The smallest absolute Gasteiger partial charge is 0.135 e. The predicted octanol–water partition coefficient (Wildman–Crippen LogP) is 10.9. The molecule has 0 aliphatic heterocycles. The summed E-state index contributed by atoms with van der Waals surface area (Å²) in [4.78, 5) is 0. The quantitative estimate of drug-likeness (QED) is 0.233. The summed E-state index contributed by atoms with van der Waals surface area (Å²) < 4.78 is 6.20. The van der Waals surface area contributed by atoms with Crippen molar-refractivity contribution in [1.29, 1.82) is 0 Å². The SMILES string of the molecule is c1ccc(-c2c3c(c(-c4ccc5oc6ccccc6c5c4)c4ccccc24)-c2cccc4cccc-3c24)cc1. The zero-order valence-electron chi connectivity index (χ0n) is 21.1. The molecule has 0 unspecified atom stereocenters. The minimum atomic E-state index is 0.923. The van der Waals surface area contributed by atoms with Crippen molar-refractivity contribution in [2.75, 3.05) is 0 Å². The molecule has 7 aromatic carbocycles. The van der Waals surface area contributed by atoms with Gasteiger partial charge in [0.1, 0.15) is 11.2 Å². The van der Waals surface area contributed by atoms with Gasteiger partial charge in [0.05, 0.1) is 0 Å². The number of hydrogen-bond acceptors (Lipinski definition) is 1. The first-order valence-electron chi connectivity index (χ1n) is 13.4. The van der Waals surface area contributed by atoms with Crippen LogP contribution in [0.5, 0.6) is 0 Å². The first kappa shape index (κ1) is 20.9. The third-order valence-corrected chi connectivity index (χ3v) is 8.39. The van der Waals surface area contributed by atoms with Gasteiger partial charge in [0, 0.05) is 10.8 Å². The van der Waals surface area contributed by atoms with E-state index >= 15 is 0 Å². The van der Waals surface area contributed by atoms with Crippen molar-refractivity contribution in [3.63, 3.8) is 0 Å². The molecule has 0 amide bonds. The van der Waals surface area contributed by atoms with Crippen molar-refractivity contribution in [1.82, 2.24) is 0 Å². The molecule has 0 bridgehead atoms. The highest BCUT2D eigenvalue weighted by Crippen LogP contribution is 2.57. The number of rotatable bonds is 2. The molecule has 0 atom stereocenters. The van der Waals surface area contributed by atoms with E-state index in [0.717, 1.165) is 21.9 Å². The zero-order valence-corrected chi connectivity index (χ0v) is 21.1. The number of hydrogen-bond donors (Lipinski definition) is 0. The van der Waals surface area contributed by atoms with Gasteiger partial charge in [-0.2, -0.15) is 0 Å². The largest absolute Gasteiger partial charge is 0.456 e. The molecule has 1 heterocycles. The highest BCUT2D eigenvalue weighted by atomic mass is 16.3. The van der Waals surface area contributed by atoms with Crippen LogP contribution in [0.4, 0.5) is 0 Å².